The zero-order valence-electron chi connectivity index (χ0n) is 11.3. The molecule has 20 heavy (non-hydrogen) atoms. The highest BCUT2D eigenvalue weighted by molar-refractivity contribution is 7.91. The first kappa shape index (κ1) is 15.2. The van der Waals surface area contributed by atoms with Crippen LogP contribution in [0.15, 0.2) is 40.6 Å². The van der Waals surface area contributed by atoms with Crippen molar-refractivity contribution in [3.05, 3.63) is 52.4 Å². The van der Waals surface area contributed by atoms with Crippen LogP contribution in [-0.4, -0.2) is 8.42 Å². The lowest BCUT2D eigenvalue weighted by Gasteiger charge is -2.09. The molecule has 1 aromatic carbocycles. The molecule has 0 aliphatic heterocycles. The zero-order valence-corrected chi connectivity index (χ0v) is 12.9. The number of thiophene rings is 1. The summed E-state index contributed by atoms with van der Waals surface area (Å²) in [5.74, 6) is 0. The third-order valence-electron chi connectivity index (χ3n) is 3.05. The minimum absolute atomic E-state index is 0.308. The van der Waals surface area contributed by atoms with Crippen molar-refractivity contribution in [3.63, 3.8) is 0 Å². The molecule has 0 radical (unpaired) electrons. The normalized spacial score (nSPS) is 11.7. The highest BCUT2D eigenvalue weighted by atomic mass is 32.2. The second kappa shape index (κ2) is 6.49. The molecule has 0 saturated heterocycles. The lowest BCUT2D eigenvalue weighted by atomic mass is 10.1. The minimum Gasteiger partial charge on any atom is -0.326 e. The molecule has 6 heteroatoms. The van der Waals surface area contributed by atoms with E-state index in [0.29, 0.717) is 17.3 Å². The van der Waals surface area contributed by atoms with E-state index in [-0.39, 0.29) is 0 Å². The van der Waals surface area contributed by atoms with Crippen LogP contribution in [0.25, 0.3) is 0 Å². The maximum atomic E-state index is 12.2. The van der Waals surface area contributed by atoms with Gasteiger partial charge in [-0.05, 0) is 29.7 Å². The molecule has 0 saturated carbocycles. The Morgan fingerprint density at radius 2 is 1.85 bits per heavy atom. The molecule has 0 unspecified atom stereocenters. The van der Waals surface area contributed by atoms with E-state index in [4.69, 9.17) is 5.73 Å². The van der Waals surface area contributed by atoms with Crippen LogP contribution in [0.5, 0.6) is 0 Å². The van der Waals surface area contributed by atoms with Crippen molar-refractivity contribution < 1.29 is 8.42 Å². The van der Waals surface area contributed by atoms with Gasteiger partial charge in [-0.15, -0.1) is 11.3 Å². The highest BCUT2D eigenvalue weighted by Crippen LogP contribution is 2.21. The molecule has 0 aliphatic rings. The Bertz CT molecular complexity index is 678. The Hall–Kier alpha value is -1.21. The fraction of sp³-hybridized carbons (Fsp3) is 0.286. The first-order valence-electron chi connectivity index (χ1n) is 6.42. The van der Waals surface area contributed by atoms with Crippen molar-refractivity contribution in [1.29, 1.82) is 0 Å². The largest absolute Gasteiger partial charge is 0.326 e. The number of nitrogens with one attached hydrogen (secondary N) is 1. The van der Waals surface area contributed by atoms with Gasteiger partial charge in [0.1, 0.15) is 4.21 Å². The molecule has 2 aromatic rings. The number of sulfonamides is 1. The van der Waals surface area contributed by atoms with Gasteiger partial charge in [0.2, 0.25) is 10.0 Å². The zero-order chi connectivity index (χ0) is 14.6. The van der Waals surface area contributed by atoms with Gasteiger partial charge in [-0.1, -0.05) is 31.2 Å². The molecule has 0 amide bonds. The topological polar surface area (TPSA) is 72.2 Å². The standard InChI is InChI=1S/C14H18N2O2S2/c1-2-11-5-3-4-6-12(11)10-16-20(17,18)14-8-7-13(9-15)19-14/h3-8,16H,2,9-10,15H2,1H3. The van der Waals surface area contributed by atoms with Crippen molar-refractivity contribution in [2.45, 2.75) is 30.6 Å². The van der Waals surface area contributed by atoms with E-state index in [1.165, 1.54) is 11.3 Å². The molecule has 3 N–H and O–H groups in total. The van der Waals surface area contributed by atoms with Crippen LogP contribution in [0.2, 0.25) is 0 Å². The Labute approximate surface area is 123 Å². The smallest absolute Gasteiger partial charge is 0.250 e. The molecule has 0 atom stereocenters. The fourth-order valence-electron chi connectivity index (χ4n) is 1.93. The molecule has 1 heterocycles. The lowest BCUT2D eigenvalue weighted by Crippen LogP contribution is -2.23. The van der Waals surface area contributed by atoms with Crippen LogP contribution >= 0.6 is 11.3 Å². The van der Waals surface area contributed by atoms with Gasteiger partial charge in [-0.2, -0.15) is 0 Å². The summed E-state index contributed by atoms with van der Waals surface area (Å²) >= 11 is 1.21. The van der Waals surface area contributed by atoms with E-state index >= 15 is 0 Å². The van der Waals surface area contributed by atoms with Crippen LogP contribution in [0.3, 0.4) is 0 Å². The summed E-state index contributed by atoms with van der Waals surface area (Å²) in [6.07, 6.45) is 0.883. The quantitative estimate of drug-likeness (QED) is 0.859. The first-order valence-corrected chi connectivity index (χ1v) is 8.72. The van der Waals surface area contributed by atoms with E-state index in [9.17, 15) is 8.42 Å². The van der Waals surface area contributed by atoms with Gasteiger partial charge < -0.3 is 5.73 Å². The number of aryl methyl sites for hydroxylation is 1. The fourth-order valence-corrected chi connectivity index (χ4v) is 4.22. The molecule has 0 fully saturated rings. The molecule has 0 aliphatic carbocycles. The van der Waals surface area contributed by atoms with Crippen LogP contribution in [-0.2, 0) is 29.5 Å². The number of rotatable bonds is 6. The monoisotopic (exact) mass is 310 g/mol. The van der Waals surface area contributed by atoms with E-state index < -0.39 is 10.0 Å². The van der Waals surface area contributed by atoms with E-state index in [1.807, 2.05) is 24.3 Å². The van der Waals surface area contributed by atoms with Gasteiger partial charge in [-0.25, -0.2) is 13.1 Å². The Morgan fingerprint density at radius 1 is 1.15 bits per heavy atom. The summed E-state index contributed by atoms with van der Waals surface area (Å²) in [5, 5.41) is 0. The molecule has 2 rings (SSSR count). The van der Waals surface area contributed by atoms with E-state index in [0.717, 1.165) is 22.4 Å². The summed E-state index contributed by atoms with van der Waals surface area (Å²) in [6, 6.07) is 11.2. The van der Waals surface area contributed by atoms with Crippen molar-refractivity contribution in [2.75, 3.05) is 0 Å². The van der Waals surface area contributed by atoms with Gasteiger partial charge in [-0.3, -0.25) is 0 Å². The van der Waals surface area contributed by atoms with Crippen molar-refractivity contribution >= 4 is 21.4 Å². The molecule has 4 nitrogen and oxygen atoms in total. The second-order valence-electron chi connectivity index (χ2n) is 4.37. The molecule has 1 aromatic heterocycles. The minimum atomic E-state index is -3.46. The molecule has 108 valence electrons. The van der Waals surface area contributed by atoms with Crippen LogP contribution < -0.4 is 10.5 Å². The summed E-state index contributed by atoms with van der Waals surface area (Å²) in [5.41, 5.74) is 7.67. The summed E-state index contributed by atoms with van der Waals surface area (Å²) < 4.78 is 27.3. The van der Waals surface area contributed by atoms with Crippen LogP contribution in [0, 0.1) is 0 Å². The number of hydrogen-bond donors (Lipinski definition) is 2. The average Bonchev–Trinajstić information content (AvgIpc) is 2.95. The van der Waals surface area contributed by atoms with Crippen molar-refractivity contribution in [1.82, 2.24) is 4.72 Å². The molecular formula is C14H18N2O2S2. The first-order chi connectivity index (χ1) is 9.56. The summed E-state index contributed by atoms with van der Waals surface area (Å²) in [4.78, 5) is 0.860. The predicted molar refractivity (Wildman–Crippen MR) is 82.1 cm³/mol. The van der Waals surface area contributed by atoms with Crippen LogP contribution in [0.1, 0.15) is 22.9 Å². The van der Waals surface area contributed by atoms with Crippen molar-refractivity contribution in [2.24, 2.45) is 5.73 Å². The van der Waals surface area contributed by atoms with Gasteiger partial charge >= 0.3 is 0 Å². The second-order valence-corrected chi connectivity index (χ2v) is 7.53. The highest BCUT2D eigenvalue weighted by Gasteiger charge is 2.16. The Morgan fingerprint density at radius 3 is 2.45 bits per heavy atom. The van der Waals surface area contributed by atoms with E-state index in [1.54, 1.807) is 12.1 Å². The number of nitrogens with two attached hydrogens (primary N) is 1. The molecule has 0 bridgehead atoms. The molecular weight excluding hydrogens is 292 g/mol. The van der Waals surface area contributed by atoms with Crippen molar-refractivity contribution in [3.8, 4) is 0 Å². The maximum absolute atomic E-state index is 12.2. The van der Waals surface area contributed by atoms with E-state index in [2.05, 4.69) is 11.6 Å². The van der Waals surface area contributed by atoms with Gasteiger partial charge in [0.05, 0.1) is 0 Å². The SMILES string of the molecule is CCc1ccccc1CNS(=O)(=O)c1ccc(CN)s1. The van der Waals surface area contributed by atoms with Gasteiger partial charge in [0, 0.05) is 18.0 Å². The third-order valence-corrected chi connectivity index (χ3v) is 6.06. The van der Waals surface area contributed by atoms with Gasteiger partial charge in [0.25, 0.3) is 0 Å². The Balaban J connectivity index is 2.13. The predicted octanol–water partition coefficient (Wildman–Crippen LogP) is 2.25. The number of hydrogen-bond acceptors (Lipinski definition) is 4. The van der Waals surface area contributed by atoms with Crippen LogP contribution in [0.4, 0.5) is 0 Å². The third kappa shape index (κ3) is 3.46. The molecule has 0 spiro atoms. The number of benzene rings is 1. The summed E-state index contributed by atoms with van der Waals surface area (Å²) in [7, 11) is -3.46. The maximum Gasteiger partial charge on any atom is 0.250 e. The van der Waals surface area contributed by atoms with Gasteiger partial charge in [0.15, 0.2) is 0 Å². The lowest BCUT2D eigenvalue weighted by molar-refractivity contribution is 0.583. The Kier molecular flexibility index (Phi) is 4.93. The summed E-state index contributed by atoms with van der Waals surface area (Å²) in [6.45, 7) is 2.72. The average molecular weight is 310 g/mol.